The zero-order chi connectivity index (χ0) is 10.7. The third-order valence-electron chi connectivity index (χ3n) is 3.54. The molecular formula is C12H21N3. The van der Waals surface area contributed by atoms with Crippen molar-refractivity contribution in [3.8, 4) is 0 Å². The molecule has 0 saturated heterocycles. The highest BCUT2D eigenvalue weighted by atomic mass is 15.0. The van der Waals surface area contributed by atoms with Crippen molar-refractivity contribution in [3.05, 3.63) is 18.2 Å². The number of hydrogen-bond donors (Lipinski definition) is 1. The highest BCUT2D eigenvalue weighted by molar-refractivity contribution is 4.92. The summed E-state index contributed by atoms with van der Waals surface area (Å²) >= 11 is 0. The third kappa shape index (κ3) is 2.59. The first-order valence-corrected chi connectivity index (χ1v) is 5.97. The van der Waals surface area contributed by atoms with Crippen LogP contribution in [0, 0.1) is 5.92 Å². The lowest BCUT2D eigenvalue weighted by Gasteiger charge is -2.16. The zero-order valence-electron chi connectivity index (χ0n) is 9.74. The number of nitrogens with zero attached hydrogens (tertiary/aromatic N) is 2. The van der Waals surface area contributed by atoms with Gasteiger partial charge in [0.1, 0.15) is 5.82 Å². The van der Waals surface area contributed by atoms with Crippen LogP contribution < -0.4 is 5.32 Å². The van der Waals surface area contributed by atoms with E-state index in [1.807, 2.05) is 12.4 Å². The standard InChI is InChI=1S/C12H21N3/c1-10-4-3-5-11(10)13-7-6-12-14-8-9-15(12)2/h8-11,13H,3-7H2,1-2H3. The van der Waals surface area contributed by atoms with Crippen LogP contribution in [-0.2, 0) is 13.5 Å². The van der Waals surface area contributed by atoms with Gasteiger partial charge in [-0.3, -0.25) is 0 Å². The Balaban J connectivity index is 1.73. The molecule has 0 radical (unpaired) electrons. The summed E-state index contributed by atoms with van der Waals surface area (Å²) in [5.41, 5.74) is 0. The number of rotatable bonds is 4. The Morgan fingerprint density at radius 2 is 2.40 bits per heavy atom. The fourth-order valence-electron chi connectivity index (χ4n) is 2.46. The van der Waals surface area contributed by atoms with Crippen molar-refractivity contribution >= 4 is 0 Å². The van der Waals surface area contributed by atoms with E-state index >= 15 is 0 Å². The average Bonchev–Trinajstić information content (AvgIpc) is 2.78. The number of hydrogen-bond acceptors (Lipinski definition) is 2. The maximum Gasteiger partial charge on any atom is 0.109 e. The van der Waals surface area contributed by atoms with E-state index in [9.17, 15) is 0 Å². The Labute approximate surface area is 91.9 Å². The fraction of sp³-hybridized carbons (Fsp3) is 0.750. The van der Waals surface area contributed by atoms with Gasteiger partial charge in [-0.1, -0.05) is 13.3 Å². The maximum absolute atomic E-state index is 4.32. The second-order valence-corrected chi connectivity index (χ2v) is 4.67. The van der Waals surface area contributed by atoms with Crippen molar-refractivity contribution in [1.82, 2.24) is 14.9 Å². The van der Waals surface area contributed by atoms with Gasteiger partial charge in [0.2, 0.25) is 0 Å². The topological polar surface area (TPSA) is 29.9 Å². The molecule has 0 aliphatic heterocycles. The predicted molar refractivity (Wildman–Crippen MR) is 61.7 cm³/mol. The molecule has 0 spiro atoms. The minimum Gasteiger partial charge on any atom is -0.338 e. The molecule has 0 aromatic carbocycles. The molecule has 3 heteroatoms. The normalized spacial score (nSPS) is 26.0. The quantitative estimate of drug-likeness (QED) is 0.815. The summed E-state index contributed by atoms with van der Waals surface area (Å²) in [7, 11) is 2.06. The van der Waals surface area contributed by atoms with Crippen molar-refractivity contribution in [2.24, 2.45) is 13.0 Å². The van der Waals surface area contributed by atoms with Crippen molar-refractivity contribution in [2.45, 2.75) is 38.6 Å². The molecule has 1 N–H and O–H groups in total. The molecule has 1 aromatic rings. The number of aromatic nitrogens is 2. The fourth-order valence-corrected chi connectivity index (χ4v) is 2.46. The van der Waals surface area contributed by atoms with Gasteiger partial charge in [0.05, 0.1) is 0 Å². The van der Waals surface area contributed by atoms with Gasteiger partial charge in [0.25, 0.3) is 0 Å². The Bertz CT molecular complexity index is 306. The largest absolute Gasteiger partial charge is 0.338 e. The third-order valence-corrected chi connectivity index (χ3v) is 3.54. The van der Waals surface area contributed by atoms with E-state index in [1.165, 1.54) is 25.1 Å². The van der Waals surface area contributed by atoms with E-state index in [1.54, 1.807) is 0 Å². The lowest BCUT2D eigenvalue weighted by atomic mass is 10.1. The van der Waals surface area contributed by atoms with Gasteiger partial charge in [0, 0.05) is 38.4 Å². The van der Waals surface area contributed by atoms with Crippen molar-refractivity contribution in [2.75, 3.05) is 6.54 Å². The molecule has 2 unspecified atom stereocenters. The summed E-state index contributed by atoms with van der Waals surface area (Å²) in [6, 6.07) is 0.741. The molecule has 2 rings (SSSR count). The zero-order valence-corrected chi connectivity index (χ0v) is 9.74. The van der Waals surface area contributed by atoms with Gasteiger partial charge < -0.3 is 9.88 Å². The van der Waals surface area contributed by atoms with Gasteiger partial charge in [-0.25, -0.2) is 4.98 Å². The highest BCUT2D eigenvalue weighted by Gasteiger charge is 2.22. The summed E-state index contributed by atoms with van der Waals surface area (Å²) in [5, 5.41) is 3.64. The van der Waals surface area contributed by atoms with Crippen LogP contribution in [0.1, 0.15) is 32.0 Å². The first-order chi connectivity index (χ1) is 7.27. The molecule has 0 bridgehead atoms. The first kappa shape index (κ1) is 10.7. The summed E-state index contributed by atoms with van der Waals surface area (Å²) in [6.07, 6.45) is 9.04. The molecule has 0 amide bonds. The molecule has 84 valence electrons. The van der Waals surface area contributed by atoms with Gasteiger partial charge in [-0.2, -0.15) is 0 Å². The van der Waals surface area contributed by atoms with Crippen molar-refractivity contribution in [3.63, 3.8) is 0 Å². The van der Waals surface area contributed by atoms with Gasteiger partial charge in [-0.05, 0) is 18.8 Å². The Morgan fingerprint density at radius 3 is 3.00 bits per heavy atom. The van der Waals surface area contributed by atoms with Crippen molar-refractivity contribution < 1.29 is 0 Å². The Kier molecular flexibility index (Phi) is 3.41. The molecule has 1 heterocycles. The van der Waals surface area contributed by atoms with E-state index in [-0.39, 0.29) is 0 Å². The maximum atomic E-state index is 4.32. The number of imidazole rings is 1. The van der Waals surface area contributed by atoms with E-state index < -0.39 is 0 Å². The smallest absolute Gasteiger partial charge is 0.109 e. The minimum atomic E-state index is 0.741. The van der Waals surface area contributed by atoms with Crippen LogP contribution in [0.15, 0.2) is 12.4 Å². The van der Waals surface area contributed by atoms with Crippen LogP contribution in [0.4, 0.5) is 0 Å². The lowest BCUT2D eigenvalue weighted by Crippen LogP contribution is -2.33. The Morgan fingerprint density at radius 1 is 1.53 bits per heavy atom. The number of aryl methyl sites for hydroxylation is 1. The second kappa shape index (κ2) is 4.79. The molecule has 1 aliphatic rings. The van der Waals surface area contributed by atoms with E-state index in [2.05, 4.69) is 28.8 Å². The van der Waals surface area contributed by atoms with E-state index in [0.29, 0.717) is 0 Å². The SMILES string of the molecule is CC1CCCC1NCCc1nccn1C. The molecule has 3 nitrogen and oxygen atoms in total. The molecular weight excluding hydrogens is 186 g/mol. The van der Waals surface area contributed by atoms with Gasteiger partial charge in [0.15, 0.2) is 0 Å². The van der Waals surface area contributed by atoms with Crippen LogP contribution in [-0.4, -0.2) is 22.1 Å². The summed E-state index contributed by atoms with van der Waals surface area (Å²) < 4.78 is 2.10. The molecule has 1 aromatic heterocycles. The molecule has 2 atom stereocenters. The summed E-state index contributed by atoms with van der Waals surface area (Å²) in [5.74, 6) is 2.03. The van der Waals surface area contributed by atoms with Crippen LogP contribution in [0.5, 0.6) is 0 Å². The van der Waals surface area contributed by atoms with E-state index in [4.69, 9.17) is 0 Å². The predicted octanol–water partition coefficient (Wildman–Crippen LogP) is 1.74. The van der Waals surface area contributed by atoms with Crippen molar-refractivity contribution in [1.29, 1.82) is 0 Å². The van der Waals surface area contributed by atoms with Crippen LogP contribution >= 0.6 is 0 Å². The lowest BCUT2D eigenvalue weighted by molar-refractivity contribution is 0.427. The number of nitrogens with one attached hydrogen (secondary N) is 1. The van der Waals surface area contributed by atoms with E-state index in [0.717, 1.165) is 24.9 Å². The average molecular weight is 207 g/mol. The molecule has 1 aliphatic carbocycles. The molecule has 1 saturated carbocycles. The minimum absolute atomic E-state index is 0.741. The van der Waals surface area contributed by atoms with Crippen LogP contribution in [0.2, 0.25) is 0 Å². The molecule has 1 fully saturated rings. The summed E-state index contributed by atoms with van der Waals surface area (Å²) in [4.78, 5) is 4.32. The summed E-state index contributed by atoms with van der Waals surface area (Å²) in [6.45, 7) is 3.41. The first-order valence-electron chi connectivity index (χ1n) is 5.97. The van der Waals surface area contributed by atoms with Crippen LogP contribution in [0.3, 0.4) is 0 Å². The van der Waals surface area contributed by atoms with Crippen LogP contribution in [0.25, 0.3) is 0 Å². The highest BCUT2D eigenvalue weighted by Crippen LogP contribution is 2.24. The molecule has 15 heavy (non-hydrogen) atoms. The second-order valence-electron chi connectivity index (χ2n) is 4.67. The van der Waals surface area contributed by atoms with Gasteiger partial charge in [-0.15, -0.1) is 0 Å². The monoisotopic (exact) mass is 207 g/mol. The van der Waals surface area contributed by atoms with Gasteiger partial charge >= 0.3 is 0 Å². The Hall–Kier alpha value is -0.830.